The Morgan fingerprint density at radius 3 is 2.90 bits per heavy atom. The molecule has 1 amide bonds. The van der Waals surface area contributed by atoms with Crippen LogP contribution in [0.1, 0.15) is 25.7 Å². The van der Waals surface area contributed by atoms with E-state index in [-0.39, 0.29) is 25.1 Å². The van der Waals surface area contributed by atoms with Crippen LogP contribution in [0.3, 0.4) is 0 Å². The molecular weight excluding hydrogens is 262 g/mol. The van der Waals surface area contributed by atoms with Crippen LogP contribution in [0.25, 0.3) is 0 Å². The number of hydrogen-bond acceptors (Lipinski definition) is 4. The average molecular weight is 281 g/mol. The zero-order valence-electron chi connectivity index (χ0n) is 11.2. The minimum Gasteiger partial charge on any atom is -0.396 e. The van der Waals surface area contributed by atoms with E-state index in [1.54, 1.807) is 4.90 Å². The Balaban J connectivity index is 2.11. The second-order valence-corrected chi connectivity index (χ2v) is 4.98. The van der Waals surface area contributed by atoms with Crippen molar-refractivity contribution in [1.82, 2.24) is 14.7 Å². The van der Waals surface area contributed by atoms with Gasteiger partial charge in [0.15, 0.2) is 0 Å². The first-order chi connectivity index (χ1) is 9.61. The third-order valence-corrected chi connectivity index (χ3v) is 3.59. The number of aromatic amines is 1. The molecule has 2 N–H and O–H groups in total. The summed E-state index contributed by atoms with van der Waals surface area (Å²) in [6, 6.07) is 2.30. The van der Waals surface area contributed by atoms with E-state index in [0.717, 1.165) is 36.1 Å². The van der Waals surface area contributed by atoms with Gasteiger partial charge in [-0.1, -0.05) is 0 Å². The fraction of sp³-hybridized carbons (Fsp3) is 0.615. The number of H-pyrrole nitrogens is 1. The smallest absolute Gasteiger partial charge is 0.265 e. The molecule has 0 aromatic carbocycles. The summed E-state index contributed by atoms with van der Waals surface area (Å²) in [6.45, 7) is 0.503. The number of carbonyl (C=O) groups excluding carboxylic acids is 1. The van der Waals surface area contributed by atoms with Crippen LogP contribution in [-0.4, -0.2) is 44.9 Å². The summed E-state index contributed by atoms with van der Waals surface area (Å²) in [5.74, 6) is -0.202. The van der Waals surface area contributed by atoms with Crippen molar-refractivity contribution in [2.75, 3.05) is 13.2 Å². The Bertz CT molecular complexity index is 575. The molecule has 1 atom stereocenters. The number of rotatable bonds is 4. The van der Waals surface area contributed by atoms with Crippen molar-refractivity contribution in [3.63, 3.8) is 0 Å². The number of aliphatic hydroxyl groups is 1. The van der Waals surface area contributed by atoms with E-state index in [9.17, 15) is 14.4 Å². The molecule has 0 aliphatic carbocycles. The van der Waals surface area contributed by atoms with Gasteiger partial charge < -0.3 is 10.0 Å². The molecule has 2 rings (SSSR count). The van der Waals surface area contributed by atoms with Crippen molar-refractivity contribution < 1.29 is 9.90 Å². The highest BCUT2D eigenvalue weighted by Gasteiger charge is 2.26. The molecule has 20 heavy (non-hydrogen) atoms. The lowest BCUT2D eigenvalue weighted by atomic mass is 9.99. The predicted octanol–water partition coefficient (Wildman–Crippen LogP) is -0.700. The summed E-state index contributed by atoms with van der Waals surface area (Å²) in [7, 11) is 0. The quantitative estimate of drug-likeness (QED) is 0.763. The lowest BCUT2D eigenvalue weighted by Crippen LogP contribution is -2.47. The minimum absolute atomic E-state index is 0.0207. The summed E-state index contributed by atoms with van der Waals surface area (Å²) >= 11 is 0. The van der Waals surface area contributed by atoms with E-state index in [2.05, 4.69) is 5.10 Å². The number of likely N-dealkylation sites (tertiary alicyclic amines) is 1. The third kappa shape index (κ3) is 3.36. The summed E-state index contributed by atoms with van der Waals surface area (Å²) in [5, 5.41) is 11.4. The van der Waals surface area contributed by atoms with E-state index in [1.807, 2.05) is 0 Å². The van der Waals surface area contributed by atoms with Crippen LogP contribution < -0.4 is 11.1 Å². The molecular formula is C13H19N3O4. The Hall–Kier alpha value is -1.89. The maximum absolute atomic E-state index is 12.3. The number of hydrogen-bond donors (Lipinski definition) is 2. The molecule has 1 aliphatic rings. The highest BCUT2D eigenvalue weighted by Crippen LogP contribution is 2.19. The number of nitrogens with one attached hydrogen (secondary N) is 1. The Kier molecular flexibility index (Phi) is 4.73. The fourth-order valence-corrected chi connectivity index (χ4v) is 2.58. The normalized spacial score (nSPS) is 19.1. The maximum Gasteiger partial charge on any atom is 0.265 e. The zero-order valence-corrected chi connectivity index (χ0v) is 11.2. The molecule has 0 bridgehead atoms. The Morgan fingerprint density at radius 2 is 2.15 bits per heavy atom. The van der Waals surface area contributed by atoms with Crippen LogP contribution in [0.5, 0.6) is 0 Å². The second kappa shape index (κ2) is 6.51. The van der Waals surface area contributed by atoms with Gasteiger partial charge in [0.1, 0.15) is 6.54 Å². The number of aliphatic hydroxyl groups excluding tert-OH is 1. The highest BCUT2D eigenvalue weighted by atomic mass is 16.3. The lowest BCUT2D eigenvalue weighted by Gasteiger charge is -2.35. The van der Waals surface area contributed by atoms with Gasteiger partial charge in [-0.15, -0.1) is 0 Å². The van der Waals surface area contributed by atoms with Crippen LogP contribution in [-0.2, 0) is 11.3 Å². The van der Waals surface area contributed by atoms with Crippen molar-refractivity contribution in [2.24, 2.45) is 0 Å². The number of aromatic nitrogens is 2. The number of piperidine rings is 1. The van der Waals surface area contributed by atoms with Gasteiger partial charge in [-0.2, -0.15) is 0 Å². The predicted molar refractivity (Wildman–Crippen MR) is 72.4 cm³/mol. The number of carbonyl (C=O) groups is 1. The minimum atomic E-state index is -0.414. The molecule has 1 aliphatic heterocycles. The highest BCUT2D eigenvalue weighted by molar-refractivity contribution is 5.76. The summed E-state index contributed by atoms with van der Waals surface area (Å²) < 4.78 is 1.02. The second-order valence-electron chi connectivity index (χ2n) is 4.98. The molecule has 7 nitrogen and oxygen atoms in total. The Labute approximate surface area is 115 Å². The van der Waals surface area contributed by atoms with Crippen molar-refractivity contribution in [3.05, 3.63) is 32.8 Å². The number of amides is 1. The first-order valence-corrected chi connectivity index (χ1v) is 6.82. The molecule has 1 fully saturated rings. The summed E-state index contributed by atoms with van der Waals surface area (Å²) in [5.41, 5.74) is -0.823. The largest absolute Gasteiger partial charge is 0.396 e. The van der Waals surface area contributed by atoms with Crippen LogP contribution in [0.4, 0.5) is 0 Å². The van der Waals surface area contributed by atoms with Gasteiger partial charge in [0, 0.05) is 31.3 Å². The van der Waals surface area contributed by atoms with Gasteiger partial charge in [0.05, 0.1) is 0 Å². The monoisotopic (exact) mass is 281 g/mol. The molecule has 110 valence electrons. The van der Waals surface area contributed by atoms with Gasteiger partial charge in [-0.25, -0.2) is 4.68 Å². The average Bonchev–Trinajstić information content (AvgIpc) is 2.44. The molecule has 7 heteroatoms. The SMILES string of the molecule is O=C(Cn1[nH]c(=O)ccc1=O)N1CCCCC1CCO. The van der Waals surface area contributed by atoms with Crippen LogP contribution in [0.2, 0.25) is 0 Å². The summed E-state index contributed by atoms with van der Waals surface area (Å²) in [4.78, 5) is 36.8. The van der Waals surface area contributed by atoms with E-state index >= 15 is 0 Å². The first kappa shape index (κ1) is 14.5. The molecule has 2 heterocycles. The molecule has 1 unspecified atom stereocenters. The molecule has 0 saturated carbocycles. The van der Waals surface area contributed by atoms with Gasteiger partial charge in [0.2, 0.25) is 5.91 Å². The Morgan fingerprint density at radius 1 is 1.35 bits per heavy atom. The fourth-order valence-electron chi connectivity index (χ4n) is 2.58. The third-order valence-electron chi connectivity index (χ3n) is 3.59. The lowest BCUT2D eigenvalue weighted by molar-refractivity contribution is -0.136. The van der Waals surface area contributed by atoms with E-state index < -0.39 is 11.1 Å². The first-order valence-electron chi connectivity index (χ1n) is 6.82. The van der Waals surface area contributed by atoms with Gasteiger partial charge in [-0.05, 0) is 25.7 Å². The van der Waals surface area contributed by atoms with Crippen molar-refractivity contribution in [1.29, 1.82) is 0 Å². The van der Waals surface area contributed by atoms with E-state index in [1.165, 1.54) is 0 Å². The van der Waals surface area contributed by atoms with Crippen LogP contribution in [0, 0.1) is 0 Å². The van der Waals surface area contributed by atoms with Crippen molar-refractivity contribution in [2.45, 2.75) is 38.3 Å². The maximum atomic E-state index is 12.3. The van der Waals surface area contributed by atoms with Crippen LogP contribution in [0.15, 0.2) is 21.7 Å². The zero-order chi connectivity index (χ0) is 14.5. The van der Waals surface area contributed by atoms with Crippen molar-refractivity contribution in [3.8, 4) is 0 Å². The summed E-state index contributed by atoms with van der Waals surface area (Å²) in [6.07, 6.45) is 3.38. The molecule has 1 aromatic heterocycles. The van der Waals surface area contributed by atoms with Crippen LogP contribution >= 0.6 is 0 Å². The van der Waals surface area contributed by atoms with Crippen molar-refractivity contribution >= 4 is 5.91 Å². The van der Waals surface area contributed by atoms with Gasteiger partial charge in [-0.3, -0.25) is 19.5 Å². The van der Waals surface area contributed by atoms with E-state index in [4.69, 9.17) is 5.11 Å². The van der Waals surface area contributed by atoms with Gasteiger partial charge in [0.25, 0.3) is 11.1 Å². The molecule has 0 spiro atoms. The molecule has 0 radical (unpaired) electrons. The van der Waals surface area contributed by atoms with E-state index in [0.29, 0.717) is 13.0 Å². The van der Waals surface area contributed by atoms with Gasteiger partial charge >= 0.3 is 0 Å². The standard InChI is InChI=1S/C13H19N3O4/c17-8-6-10-3-1-2-7-15(10)13(20)9-16-12(19)5-4-11(18)14-16/h4-5,10,17H,1-3,6-9H2,(H,14,18). The number of nitrogens with zero attached hydrogens (tertiary/aromatic N) is 2. The molecule has 1 aromatic rings. The molecule has 1 saturated heterocycles. The topological polar surface area (TPSA) is 95.4 Å².